The molecule has 0 aliphatic heterocycles. The summed E-state index contributed by atoms with van der Waals surface area (Å²) in [4.78, 5) is 12.4. The highest BCUT2D eigenvalue weighted by molar-refractivity contribution is 5.76. The summed E-state index contributed by atoms with van der Waals surface area (Å²) in [5, 5.41) is 33.5. The van der Waals surface area contributed by atoms with Gasteiger partial charge in [-0.1, -0.05) is 245 Å². The van der Waals surface area contributed by atoms with Crippen LogP contribution in [0.15, 0.2) is 0 Å². The predicted molar refractivity (Wildman–Crippen MR) is 222 cm³/mol. The molecule has 0 heterocycles. The molecule has 0 saturated heterocycles. The lowest BCUT2D eigenvalue weighted by Gasteiger charge is -2.26. The van der Waals surface area contributed by atoms with E-state index in [0.717, 1.165) is 32.1 Å². The van der Waals surface area contributed by atoms with Gasteiger partial charge < -0.3 is 20.6 Å². The first-order valence-corrected chi connectivity index (χ1v) is 23.3. The fourth-order valence-corrected chi connectivity index (χ4v) is 7.58. The van der Waals surface area contributed by atoms with Crippen molar-refractivity contribution in [3.63, 3.8) is 0 Å². The number of hydrogen-bond acceptors (Lipinski definition) is 4. The molecule has 306 valence electrons. The van der Waals surface area contributed by atoms with Gasteiger partial charge in [-0.05, 0) is 12.8 Å². The molecule has 0 aliphatic rings. The minimum atomic E-state index is -1.13. The average molecular weight is 724 g/mol. The number of nitrogens with one attached hydrogen (secondary N) is 1. The van der Waals surface area contributed by atoms with Gasteiger partial charge in [-0.3, -0.25) is 4.79 Å². The molecule has 3 unspecified atom stereocenters. The number of hydrogen-bond donors (Lipinski definition) is 4. The molecule has 0 aromatic carbocycles. The van der Waals surface area contributed by atoms with Gasteiger partial charge in [0.15, 0.2) is 0 Å². The van der Waals surface area contributed by atoms with Crippen molar-refractivity contribution in [2.45, 2.75) is 283 Å². The maximum absolute atomic E-state index is 12.4. The van der Waals surface area contributed by atoms with E-state index in [4.69, 9.17) is 0 Å². The predicted octanol–water partition coefficient (Wildman–Crippen LogP) is 13.4. The molecule has 4 N–H and O–H groups in total. The molecule has 1 amide bonds. The average Bonchev–Trinajstić information content (AvgIpc) is 3.13. The van der Waals surface area contributed by atoms with Gasteiger partial charge >= 0.3 is 0 Å². The Morgan fingerprint density at radius 3 is 0.941 bits per heavy atom. The Bertz CT molecular complexity index is 674. The smallest absolute Gasteiger partial charge is 0.220 e. The maximum Gasteiger partial charge on any atom is 0.220 e. The van der Waals surface area contributed by atoms with E-state index in [1.807, 2.05) is 0 Å². The molecule has 51 heavy (non-hydrogen) atoms. The maximum atomic E-state index is 12.4. The van der Waals surface area contributed by atoms with Crippen LogP contribution in [0, 0.1) is 0 Å². The van der Waals surface area contributed by atoms with Gasteiger partial charge in [-0.2, -0.15) is 0 Å². The van der Waals surface area contributed by atoms with Crippen LogP contribution < -0.4 is 5.32 Å². The highest BCUT2D eigenvalue weighted by Gasteiger charge is 2.26. The number of amides is 1. The first kappa shape index (κ1) is 50.4. The molecule has 0 bridgehead atoms. The molecule has 0 saturated carbocycles. The van der Waals surface area contributed by atoms with Crippen LogP contribution in [-0.2, 0) is 4.79 Å². The van der Waals surface area contributed by atoms with Crippen LogP contribution in [0.4, 0.5) is 0 Å². The number of aliphatic hydroxyl groups is 3. The highest BCUT2D eigenvalue weighted by Crippen LogP contribution is 2.17. The summed E-state index contributed by atoms with van der Waals surface area (Å²) in [5.41, 5.74) is 0. The Balaban J connectivity index is 3.52. The number of carbonyl (C=O) groups excluding carboxylic acids is 1. The minimum absolute atomic E-state index is 0.139. The van der Waals surface area contributed by atoms with Crippen LogP contribution >= 0.6 is 0 Å². The van der Waals surface area contributed by atoms with Crippen molar-refractivity contribution in [2.24, 2.45) is 0 Å². The molecule has 0 aliphatic carbocycles. The molecule has 0 spiro atoms. The Morgan fingerprint density at radius 1 is 0.412 bits per heavy atom. The zero-order valence-corrected chi connectivity index (χ0v) is 34.8. The number of rotatable bonds is 43. The number of aliphatic hydroxyl groups excluding tert-OH is 3. The summed E-state index contributed by atoms with van der Waals surface area (Å²) in [6.45, 7) is 4.20. The molecular formula is C46H93NO4. The van der Waals surface area contributed by atoms with Crippen molar-refractivity contribution in [1.29, 1.82) is 0 Å². The second-order valence-electron chi connectivity index (χ2n) is 16.3. The van der Waals surface area contributed by atoms with Crippen LogP contribution in [0.1, 0.15) is 264 Å². The minimum Gasteiger partial charge on any atom is -0.394 e. The van der Waals surface area contributed by atoms with Crippen molar-refractivity contribution < 1.29 is 20.1 Å². The number of carbonyl (C=O) groups is 1. The van der Waals surface area contributed by atoms with Gasteiger partial charge in [0, 0.05) is 6.42 Å². The zero-order valence-electron chi connectivity index (χ0n) is 34.8. The third-order valence-corrected chi connectivity index (χ3v) is 11.2. The van der Waals surface area contributed by atoms with Crippen molar-refractivity contribution in [3.8, 4) is 0 Å². The third-order valence-electron chi connectivity index (χ3n) is 11.2. The fourth-order valence-electron chi connectivity index (χ4n) is 7.58. The van der Waals surface area contributed by atoms with Crippen molar-refractivity contribution in [3.05, 3.63) is 0 Å². The van der Waals surface area contributed by atoms with Crippen LogP contribution in [0.3, 0.4) is 0 Å². The second-order valence-corrected chi connectivity index (χ2v) is 16.3. The molecule has 3 atom stereocenters. The summed E-state index contributed by atoms with van der Waals surface area (Å²) in [5.74, 6) is -0.139. The SMILES string of the molecule is CCCCCCCCCCCCCCCCCCCCCCCCCCC(=O)NC(CO)C(O)C(O)CCCCCCCCCCCCCCC. The van der Waals surface area contributed by atoms with E-state index in [0.29, 0.717) is 12.8 Å². The normalized spacial score (nSPS) is 13.4. The van der Waals surface area contributed by atoms with Crippen molar-refractivity contribution in [2.75, 3.05) is 6.61 Å². The van der Waals surface area contributed by atoms with Gasteiger partial charge in [-0.25, -0.2) is 0 Å². The van der Waals surface area contributed by atoms with E-state index in [2.05, 4.69) is 19.2 Å². The van der Waals surface area contributed by atoms with E-state index in [9.17, 15) is 20.1 Å². The Hall–Kier alpha value is -0.650. The molecule has 5 heteroatoms. The quantitative estimate of drug-likeness (QED) is 0.0472. The van der Waals surface area contributed by atoms with Gasteiger partial charge in [0.25, 0.3) is 0 Å². The zero-order chi connectivity index (χ0) is 37.3. The van der Waals surface area contributed by atoms with Crippen molar-refractivity contribution >= 4 is 5.91 Å². The molecule has 5 nitrogen and oxygen atoms in total. The summed E-state index contributed by atoms with van der Waals surface area (Å²) in [6, 6.07) is -0.802. The molecule has 0 aromatic rings. The first-order valence-electron chi connectivity index (χ1n) is 23.3. The topological polar surface area (TPSA) is 89.8 Å². The molecule has 0 radical (unpaired) electrons. The van der Waals surface area contributed by atoms with Gasteiger partial charge in [0.1, 0.15) is 6.10 Å². The van der Waals surface area contributed by atoms with E-state index >= 15 is 0 Å². The summed E-state index contributed by atoms with van der Waals surface area (Å²) < 4.78 is 0. The highest BCUT2D eigenvalue weighted by atomic mass is 16.3. The summed E-state index contributed by atoms with van der Waals surface area (Å²) in [6.07, 6.45) is 47.9. The van der Waals surface area contributed by atoms with E-state index in [1.165, 1.54) is 205 Å². The monoisotopic (exact) mass is 724 g/mol. The molecule has 0 aromatic heterocycles. The van der Waals surface area contributed by atoms with Crippen LogP contribution in [0.5, 0.6) is 0 Å². The lowest BCUT2D eigenvalue weighted by Crippen LogP contribution is -2.50. The van der Waals surface area contributed by atoms with Crippen LogP contribution in [0.25, 0.3) is 0 Å². The van der Waals surface area contributed by atoms with E-state index in [1.54, 1.807) is 0 Å². The van der Waals surface area contributed by atoms with Gasteiger partial charge in [0.05, 0.1) is 18.8 Å². The second kappa shape index (κ2) is 42.1. The van der Waals surface area contributed by atoms with E-state index < -0.39 is 18.2 Å². The largest absolute Gasteiger partial charge is 0.394 e. The van der Waals surface area contributed by atoms with Crippen molar-refractivity contribution in [1.82, 2.24) is 5.32 Å². The van der Waals surface area contributed by atoms with E-state index in [-0.39, 0.29) is 12.5 Å². The summed E-state index contributed by atoms with van der Waals surface area (Å²) >= 11 is 0. The molecule has 0 fully saturated rings. The van der Waals surface area contributed by atoms with Gasteiger partial charge in [-0.15, -0.1) is 0 Å². The lowest BCUT2D eigenvalue weighted by molar-refractivity contribution is -0.124. The molecule has 0 rings (SSSR count). The lowest BCUT2D eigenvalue weighted by atomic mass is 9.99. The number of unbranched alkanes of at least 4 members (excludes halogenated alkanes) is 35. The summed E-state index contributed by atoms with van der Waals surface area (Å²) in [7, 11) is 0. The van der Waals surface area contributed by atoms with Gasteiger partial charge in [0.2, 0.25) is 5.91 Å². The van der Waals surface area contributed by atoms with Crippen LogP contribution in [-0.4, -0.2) is 46.1 Å². The Morgan fingerprint density at radius 2 is 0.667 bits per heavy atom. The standard InChI is InChI=1S/C46H93NO4/c1-3-5-7-9-11-13-15-17-18-19-20-21-22-23-24-25-26-27-29-31-33-35-37-39-41-45(50)47-43(42-48)46(51)44(49)40-38-36-34-32-30-28-16-14-12-10-8-6-4-2/h43-44,46,48-49,51H,3-42H2,1-2H3,(H,47,50). The third kappa shape index (κ3) is 37.5. The molecular weight excluding hydrogens is 631 g/mol. The Kier molecular flexibility index (Phi) is 41.6. The Labute approximate surface area is 319 Å². The first-order chi connectivity index (χ1) is 25.1. The van der Waals surface area contributed by atoms with Crippen LogP contribution in [0.2, 0.25) is 0 Å². The fraction of sp³-hybridized carbons (Fsp3) is 0.978.